The Hall–Kier alpha value is -3.48. The summed E-state index contributed by atoms with van der Waals surface area (Å²) < 4.78 is 28.7. The number of halogens is 1. The summed E-state index contributed by atoms with van der Waals surface area (Å²) in [6, 6.07) is 5.01. The number of carbonyl (C=O) groups is 2. The van der Waals surface area contributed by atoms with Gasteiger partial charge in [-0.3, -0.25) is 13.7 Å². The van der Waals surface area contributed by atoms with Crippen LogP contribution in [-0.4, -0.2) is 75.3 Å². The molecule has 3 heterocycles. The fourth-order valence-electron chi connectivity index (χ4n) is 4.82. The molecule has 1 amide bonds. The molecule has 202 valence electrons. The summed E-state index contributed by atoms with van der Waals surface area (Å²) in [5.74, 6) is -0.0535. The van der Waals surface area contributed by atoms with Gasteiger partial charge in [0, 0.05) is 43.7 Å². The zero-order valence-electron chi connectivity index (χ0n) is 21.4. The fourth-order valence-corrected chi connectivity index (χ4v) is 5.75. The number of esters is 1. The summed E-state index contributed by atoms with van der Waals surface area (Å²) in [6.07, 6.45) is 3.34. The summed E-state index contributed by atoms with van der Waals surface area (Å²) in [4.78, 5) is 38.2. The van der Waals surface area contributed by atoms with Gasteiger partial charge in [0.25, 0.3) is 11.3 Å². The van der Waals surface area contributed by atoms with Crippen molar-refractivity contribution in [2.24, 2.45) is 0 Å². The van der Waals surface area contributed by atoms with Crippen LogP contribution >= 0.6 is 11.6 Å². The molecule has 13 heteroatoms. The number of rotatable bonds is 8. The van der Waals surface area contributed by atoms with Crippen molar-refractivity contribution in [2.45, 2.75) is 31.8 Å². The monoisotopic (exact) mass is 560 g/mol. The minimum Gasteiger partial charge on any atom is -0.467 e. The Labute approximate surface area is 227 Å². The zero-order chi connectivity index (χ0) is 27.7. The number of carbonyl (C=O) groups excluding carboxylic acids is 2. The van der Waals surface area contributed by atoms with Gasteiger partial charge < -0.3 is 20.3 Å². The van der Waals surface area contributed by atoms with Crippen LogP contribution in [0.4, 0.5) is 17.3 Å². The first-order valence-electron chi connectivity index (χ1n) is 11.8. The number of anilines is 3. The average Bonchev–Trinajstić information content (AvgIpc) is 3.23. The number of methoxy groups -OCH3 is 1. The Kier molecular flexibility index (Phi) is 8.05. The third-order valence-corrected chi connectivity index (χ3v) is 7.76. The minimum absolute atomic E-state index is 0.0859. The number of benzene rings is 1. The van der Waals surface area contributed by atoms with Gasteiger partial charge in [0.15, 0.2) is 0 Å². The highest BCUT2D eigenvalue weighted by atomic mass is 35.5. The number of nitrogens with two attached hydrogens (primary N) is 1. The Balaban J connectivity index is 1.65. The van der Waals surface area contributed by atoms with Gasteiger partial charge in [0.05, 0.1) is 19.0 Å². The third-order valence-electron chi connectivity index (χ3n) is 6.60. The quantitative estimate of drug-likeness (QED) is 0.314. The van der Waals surface area contributed by atoms with E-state index in [1.165, 1.54) is 18.2 Å². The van der Waals surface area contributed by atoms with Gasteiger partial charge in [-0.25, -0.2) is 19.0 Å². The number of aromatic nitrogens is 2. The molecule has 1 aromatic carbocycles. The minimum atomic E-state index is -2.51. The lowest BCUT2D eigenvalue weighted by Gasteiger charge is -2.29. The normalized spacial score (nSPS) is 16.9. The highest BCUT2D eigenvalue weighted by molar-refractivity contribution is 7.80. The van der Waals surface area contributed by atoms with Crippen LogP contribution in [0, 0.1) is 6.92 Å². The van der Waals surface area contributed by atoms with Crippen molar-refractivity contribution < 1.29 is 23.1 Å². The predicted molar refractivity (Wildman–Crippen MR) is 147 cm³/mol. The van der Waals surface area contributed by atoms with Crippen molar-refractivity contribution in [1.29, 1.82) is 0 Å². The van der Waals surface area contributed by atoms with Gasteiger partial charge in [-0.05, 0) is 54.1 Å². The second-order valence-electron chi connectivity index (χ2n) is 9.23. The van der Waals surface area contributed by atoms with E-state index in [-0.39, 0.29) is 19.4 Å². The molecule has 3 atom stereocenters. The van der Waals surface area contributed by atoms with E-state index in [4.69, 9.17) is 22.1 Å². The van der Waals surface area contributed by atoms with Crippen molar-refractivity contribution >= 4 is 62.8 Å². The third kappa shape index (κ3) is 5.24. The second kappa shape index (κ2) is 11.1. The number of fused-ring (bicyclic) bond motifs is 1. The molecule has 1 aliphatic heterocycles. The summed E-state index contributed by atoms with van der Waals surface area (Å²) in [5.41, 5.74) is 7.69. The molecule has 0 aliphatic carbocycles. The Bertz CT molecular complexity index is 1420. The van der Waals surface area contributed by atoms with Crippen LogP contribution in [0.2, 0.25) is 5.02 Å². The summed E-state index contributed by atoms with van der Waals surface area (Å²) in [5, 5.41) is 1.84. The summed E-state index contributed by atoms with van der Waals surface area (Å²) in [6.45, 7) is 2.01. The van der Waals surface area contributed by atoms with Gasteiger partial charge in [-0.2, -0.15) is 0 Å². The van der Waals surface area contributed by atoms with Crippen LogP contribution in [0.5, 0.6) is 0 Å². The first kappa shape index (κ1) is 27.6. The molecule has 3 N–H and O–H groups in total. The van der Waals surface area contributed by atoms with Crippen molar-refractivity contribution in [3.8, 4) is 0 Å². The van der Waals surface area contributed by atoms with Crippen molar-refractivity contribution in [3.05, 3.63) is 52.8 Å². The molecule has 4 rings (SSSR count). The number of ether oxygens (including phenoxy) is 1. The number of aryl methyl sites for hydroxylation is 1. The maximum Gasteiger partial charge on any atom is 0.328 e. The van der Waals surface area contributed by atoms with Crippen molar-refractivity contribution in [3.63, 3.8) is 0 Å². The number of nitrogen functional groups attached to an aromatic ring is 1. The highest BCUT2D eigenvalue weighted by Crippen LogP contribution is 2.32. The lowest BCUT2D eigenvalue weighted by Crippen LogP contribution is -2.49. The molecule has 38 heavy (non-hydrogen) atoms. The van der Waals surface area contributed by atoms with Gasteiger partial charge in [0.1, 0.15) is 23.7 Å². The molecule has 0 spiro atoms. The van der Waals surface area contributed by atoms with E-state index in [0.29, 0.717) is 33.3 Å². The van der Waals surface area contributed by atoms with E-state index in [0.717, 1.165) is 15.3 Å². The predicted octanol–water partition coefficient (Wildman–Crippen LogP) is 2.57. The second-order valence-corrected chi connectivity index (χ2v) is 10.5. The fraction of sp³-hybridized carbons (Fsp3) is 0.360. The number of hydrogen-bond acceptors (Lipinski definition) is 8. The number of hydrogen-bond donors (Lipinski definition) is 2. The maximum absolute atomic E-state index is 13.6. The van der Waals surface area contributed by atoms with E-state index in [2.05, 4.69) is 9.97 Å². The largest absolute Gasteiger partial charge is 0.467 e. The topological polar surface area (TPSA) is 142 Å². The van der Waals surface area contributed by atoms with Crippen molar-refractivity contribution in [1.82, 2.24) is 14.9 Å². The number of likely N-dealkylation sites (tertiary alicyclic amines) is 1. The van der Waals surface area contributed by atoms with Crippen LogP contribution in [0.3, 0.4) is 0 Å². The molecule has 11 nitrogen and oxygen atoms in total. The molecular formula is C25H29ClN6O5S. The lowest BCUT2D eigenvalue weighted by molar-refractivity contribution is -0.151. The van der Waals surface area contributed by atoms with Crippen LogP contribution < -0.4 is 14.9 Å². The standard InChI is InChI=1S/C25H29ClN6O5S/c1-14-9-17(13-29-23(14)30(2)3)32(38(35)36)20-6-8-31(24(20)33)21(25(34)37-4)11-16-10-15-5-7-28-22(27)18(15)12-19(16)26/h5,7,9-10,12-13,20-21H,6,8,11H2,1-4H3,(H2,27,28)(H,35,36)/t20-,21+/m0/s1. The van der Waals surface area contributed by atoms with Crippen LogP contribution in [-0.2, 0) is 32.0 Å². The number of amides is 1. The lowest BCUT2D eigenvalue weighted by atomic mass is 10.0. The zero-order valence-corrected chi connectivity index (χ0v) is 23.0. The molecule has 1 saturated heterocycles. The Morgan fingerprint density at radius 3 is 2.71 bits per heavy atom. The average molecular weight is 561 g/mol. The molecule has 0 bridgehead atoms. The Morgan fingerprint density at radius 2 is 2.08 bits per heavy atom. The molecule has 3 aromatic rings. The molecule has 0 saturated carbocycles. The first-order chi connectivity index (χ1) is 18.0. The van der Waals surface area contributed by atoms with Crippen LogP contribution in [0.25, 0.3) is 10.8 Å². The van der Waals surface area contributed by atoms with E-state index in [1.807, 2.05) is 25.9 Å². The summed E-state index contributed by atoms with van der Waals surface area (Å²) >= 11 is 4.02. The number of pyridine rings is 2. The van der Waals surface area contributed by atoms with E-state index in [9.17, 15) is 18.4 Å². The Morgan fingerprint density at radius 1 is 1.34 bits per heavy atom. The van der Waals surface area contributed by atoms with Crippen LogP contribution in [0.15, 0.2) is 36.7 Å². The molecule has 1 aliphatic rings. The smallest absolute Gasteiger partial charge is 0.328 e. The molecular weight excluding hydrogens is 532 g/mol. The van der Waals surface area contributed by atoms with E-state index < -0.39 is 35.2 Å². The summed E-state index contributed by atoms with van der Waals surface area (Å²) in [7, 11) is 4.93. The first-order valence-corrected chi connectivity index (χ1v) is 13.2. The van der Waals surface area contributed by atoms with E-state index in [1.54, 1.807) is 30.5 Å². The van der Waals surface area contributed by atoms with Gasteiger partial charge in [0.2, 0.25) is 5.91 Å². The SMILES string of the molecule is COC(=O)[C@@H](Cc1cc2ccnc(N)c2cc1Cl)N1CC[C@H](N(c2cnc(N(C)C)c(C)c2)S(=O)O)C1=O. The molecule has 1 unspecified atom stereocenters. The molecule has 0 radical (unpaired) electrons. The van der Waals surface area contributed by atoms with Gasteiger partial charge >= 0.3 is 5.97 Å². The van der Waals surface area contributed by atoms with Crippen molar-refractivity contribution in [2.75, 3.05) is 42.7 Å². The van der Waals surface area contributed by atoms with Gasteiger partial charge in [-0.15, -0.1) is 0 Å². The molecule has 2 aromatic heterocycles. The van der Waals surface area contributed by atoms with Crippen LogP contribution in [0.1, 0.15) is 17.5 Å². The van der Waals surface area contributed by atoms with Gasteiger partial charge in [-0.1, -0.05) is 11.6 Å². The number of nitrogens with zero attached hydrogens (tertiary/aromatic N) is 5. The van der Waals surface area contributed by atoms with E-state index >= 15 is 0 Å². The highest BCUT2D eigenvalue weighted by Gasteiger charge is 2.44. The maximum atomic E-state index is 13.6. The molecule has 1 fully saturated rings.